The molecule has 0 spiro atoms. The van der Waals surface area contributed by atoms with Gasteiger partial charge in [-0.2, -0.15) is 0 Å². The van der Waals surface area contributed by atoms with Crippen LogP contribution in [0.3, 0.4) is 0 Å². The first kappa shape index (κ1) is 25.0. The Morgan fingerprint density at radius 3 is 2.58 bits per heavy atom. The smallest absolute Gasteiger partial charge is 0.213 e. The van der Waals surface area contributed by atoms with Crippen molar-refractivity contribution < 1.29 is 14.2 Å². The second-order valence-corrected chi connectivity index (χ2v) is 7.32. The van der Waals surface area contributed by atoms with Crippen molar-refractivity contribution in [3.8, 4) is 17.4 Å². The van der Waals surface area contributed by atoms with Crippen molar-refractivity contribution in [3.63, 3.8) is 0 Å². The Bertz CT molecular complexity index is 843. The van der Waals surface area contributed by atoms with Gasteiger partial charge in [-0.15, -0.1) is 24.0 Å². The predicted octanol–water partition coefficient (Wildman–Crippen LogP) is 3.80. The third kappa shape index (κ3) is 8.43. The number of hydrogen-bond acceptors (Lipinski definition) is 5. The average molecular weight is 540 g/mol. The summed E-state index contributed by atoms with van der Waals surface area (Å²) in [5.74, 6) is 3.66. The summed E-state index contributed by atoms with van der Waals surface area (Å²) in [6.45, 7) is 4.94. The molecule has 31 heavy (non-hydrogen) atoms. The second-order valence-electron chi connectivity index (χ2n) is 7.32. The van der Waals surface area contributed by atoms with Crippen LogP contribution >= 0.6 is 24.0 Å². The second kappa shape index (κ2) is 13.2. The van der Waals surface area contributed by atoms with Crippen molar-refractivity contribution in [2.45, 2.75) is 32.7 Å². The van der Waals surface area contributed by atoms with E-state index in [2.05, 4.69) is 22.5 Å². The van der Waals surface area contributed by atoms with Crippen LogP contribution in [0.1, 0.15) is 30.9 Å². The molecule has 1 aromatic carbocycles. The van der Waals surface area contributed by atoms with Gasteiger partial charge in [-0.1, -0.05) is 6.07 Å². The molecular weight excluding hydrogens is 507 g/mol. The molecule has 2 aromatic rings. The molecule has 1 aliphatic rings. The highest BCUT2D eigenvalue weighted by Crippen LogP contribution is 2.29. The first-order chi connectivity index (χ1) is 14.7. The number of hydrogen-bond donors (Lipinski definition) is 2. The van der Waals surface area contributed by atoms with Gasteiger partial charge in [-0.05, 0) is 61.4 Å². The first-order valence-electron chi connectivity index (χ1n) is 10.5. The van der Waals surface area contributed by atoms with Crippen LogP contribution in [-0.2, 0) is 13.0 Å². The third-order valence-electron chi connectivity index (χ3n) is 4.88. The molecule has 1 saturated carbocycles. The zero-order valence-corrected chi connectivity index (χ0v) is 20.8. The number of aliphatic imine (C=N–C) groups is 1. The highest BCUT2D eigenvalue weighted by atomic mass is 127. The minimum absolute atomic E-state index is 0. The average Bonchev–Trinajstić information content (AvgIpc) is 3.61. The molecule has 170 valence electrons. The van der Waals surface area contributed by atoms with Gasteiger partial charge in [0.25, 0.3) is 0 Å². The number of benzene rings is 1. The van der Waals surface area contributed by atoms with Crippen LogP contribution in [-0.4, -0.2) is 44.9 Å². The molecule has 0 saturated heterocycles. The zero-order valence-electron chi connectivity index (χ0n) is 18.5. The molecule has 8 heteroatoms. The number of aromatic nitrogens is 1. The van der Waals surface area contributed by atoms with E-state index in [0.717, 1.165) is 49.1 Å². The molecule has 0 amide bonds. The number of nitrogens with one attached hydrogen (secondary N) is 2. The summed E-state index contributed by atoms with van der Waals surface area (Å²) in [6.07, 6.45) is 5.17. The molecule has 0 unspecified atom stereocenters. The highest BCUT2D eigenvalue weighted by molar-refractivity contribution is 14.0. The van der Waals surface area contributed by atoms with Gasteiger partial charge in [0.05, 0.1) is 27.4 Å². The number of halogens is 1. The number of methoxy groups -OCH3 is 2. The molecule has 1 aliphatic carbocycles. The van der Waals surface area contributed by atoms with Gasteiger partial charge >= 0.3 is 0 Å². The maximum absolute atomic E-state index is 5.76. The fourth-order valence-corrected chi connectivity index (χ4v) is 2.99. The lowest BCUT2D eigenvalue weighted by molar-refractivity contribution is 0.288. The summed E-state index contributed by atoms with van der Waals surface area (Å²) in [4.78, 5) is 8.98. The molecule has 0 aliphatic heterocycles. The van der Waals surface area contributed by atoms with Crippen molar-refractivity contribution in [1.82, 2.24) is 15.6 Å². The predicted molar refractivity (Wildman–Crippen MR) is 134 cm³/mol. The normalized spacial score (nSPS) is 13.2. The molecule has 7 nitrogen and oxygen atoms in total. The Morgan fingerprint density at radius 1 is 1.06 bits per heavy atom. The molecule has 0 radical (unpaired) electrons. The van der Waals surface area contributed by atoms with E-state index < -0.39 is 0 Å². The molecule has 2 N–H and O–H groups in total. The van der Waals surface area contributed by atoms with Crippen molar-refractivity contribution in [2.75, 3.05) is 33.9 Å². The quantitative estimate of drug-likeness (QED) is 0.257. The van der Waals surface area contributed by atoms with Gasteiger partial charge in [-0.25, -0.2) is 9.98 Å². The first-order valence-corrected chi connectivity index (χ1v) is 10.5. The van der Waals surface area contributed by atoms with Crippen LogP contribution in [0.5, 0.6) is 17.4 Å². The lowest BCUT2D eigenvalue weighted by atomic mass is 10.1. The largest absolute Gasteiger partial charge is 0.493 e. The van der Waals surface area contributed by atoms with Crippen LogP contribution in [0.2, 0.25) is 0 Å². The molecule has 1 heterocycles. The molecule has 0 atom stereocenters. The summed E-state index contributed by atoms with van der Waals surface area (Å²) < 4.78 is 16.4. The van der Waals surface area contributed by atoms with E-state index in [1.165, 1.54) is 18.4 Å². The van der Waals surface area contributed by atoms with Gasteiger partial charge in [0.1, 0.15) is 0 Å². The molecule has 0 bridgehead atoms. The minimum atomic E-state index is 0. The maximum atomic E-state index is 5.76. The number of pyridine rings is 1. The highest BCUT2D eigenvalue weighted by Gasteiger charge is 2.22. The fraction of sp³-hybridized carbons (Fsp3) is 0.478. The fourth-order valence-electron chi connectivity index (χ4n) is 2.99. The van der Waals surface area contributed by atoms with Crippen molar-refractivity contribution in [3.05, 3.63) is 47.7 Å². The van der Waals surface area contributed by atoms with E-state index in [-0.39, 0.29) is 24.0 Å². The molecule has 1 aromatic heterocycles. The van der Waals surface area contributed by atoms with Crippen LogP contribution < -0.4 is 24.8 Å². The van der Waals surface area contributed by atoms with Crippen LogP contribution in [0.25, 0.3) is 0 Å². The van der Waals surface area contributed by atoms with E-state index in [9.17, 15) is 0 Å². The Hall–Kier alpha value is -2.23. The summed E-state index contributed by atoms with van der Waals surface area (Å²) in [7, 11) is 3.29. The Kier molecular flexibility index (Phi) is 10.7. The van der Waals surface area contributed by atoms with E-state index in [1.807, 2.05) is 30.3 Å². The van der Waals surface area contributed by atoms with E-state index >= 15 is 0 Å². The molecule has 3 rings (SSSR count). The number of ether oxygens (including phenoxy) is 3. The SMILES string of the molecule is CCNC(=NCc1ccnc(OCC2CC2)c1)NCCc1ccc(OC)c(OC)c1.I. The van der Waals surface area contributed by atoms with Crippen molar-refractivity contribution in [2.24, 2.45) is 10.9 Å². The Balaban J connectivity index is 0.00000341. The van der Waals surface area contributed by atoms with Gasteiger partial charge in [-0.3, -0.25) is 0 Å². The Morgan fingerprint density at radius 2 is 1.87 bits per heavy atom. The third-order valence-corrected chi connectivity index (χ3v) is 4.88. The van der Waals surface area contributed by atoms with Gasteiger partial charge in [0.15, 0.2) is 17.5 Å². The lowest BCUT2D eigenvalue weighted by Gasteiger charge is -2.13. The summed E-state index contributed by atoms with van der Waals surface area (Å²) in [5.41, 5.74) is 2.25. The maximum Gasteiger partial charge on any atom is 0.213 e. The molecule has 1 fully saturated rings. The van der Waals surface area contributed by atoms with Crippen LogP contribution in [0.4, 0.5) is 0 Å². The van der Waals surface area contributed by atoms with E-state index in [0.29, 0.717) is 18.3 Å². The van der Waals surface area contributed by atoms with Gasteiger partial charge < -0.3 is 24.8 Å². The molecular formula is C23H33IN4O3. The summed E-state index contributed by atoms with van der Waals surface area (Å²) >= 11 is 0. The van der Waals surface area contributed by atoms with Crippen LogP contribution in [0.15, 0.2) is 41.5 Å². The van der Waals surface area contributed by atoms with Crippen molar-refractivity contribution in [1.29, 1.82) is 0 Å². The zero-order chi connectivity index (χ0) is 21.2. The Labute approximate surface area is 202 Å². The standard InChI is InChI=1S/C23H32N4O3.HI/c1-4-24-23(26-12-9-17-7-8-20(28-2)21(13-17)29-3)27-15-19-10-11-25-22(14-19)30-16-18-5-6-18;/h7-8,10-11,13-14,18H,4-6,9,12,15-16H2,1-3H3,(H2,24,26,27);1H. The summed E-state index contributed by atoms with van der Waals surface area (Å²) in [6, 6.07) is 9.93. The lowest BCUT2D eigenvalue weighted by Crippen LogP contribution is -2.38. The number of rotatable bonds is 11. The number of guanidine groups is 1. The van der Waals surface area contributed by atoms with Crippen molar-refractivity contribution >= 4 is 29.9 Å². The van der Waals surface area contributed by atoms with E-state index in [4.69, 9.17) is 19.2 Å². The van der Waals surface area contributed by atoms with Gasteiger partial charge in [0, 0.05) is 25.4 Å². The number of nitrogens with zero attached hydrogens (tertiary/aromatic N) is 2. The topological polar surface area (TPSA) is 77.0 Å². The van der Waals surface area contributed by atoms with Crippen LogP contribution in [0, 0.1) is 5.92 Å². The summed E-state index contributed by atoms with van der Waals surface area (Å²) in [5, 5.41) is 6.68. The van der Waals surface area contributed by atoms with E-state index in [1.54, 1.807) is 20.4 Å². The minimum Gasteiger partial charge on any atom is -0.493 e. The monoisotopic (exact) mass is 540 g/mol. The van der Waals surface area contributed by atoms with Gasteiger partial charge in [0.2, 0.25) is 5.88 Å².